The maximum atomic E-state index is 12.4. The summed E-state index contributed by atoms with van der Waals surface area (Å²) in [5.41, 5.74) is 2.38. The second-order valence-corrected chi connectivity index (χ2v) is 7.43. The van der Waals surface area contributed by atoms with Gasteiger partial charge in [-0.05, 0) is 48.7 Å². The van der Waals surface area contributed by atoms with E-state index in [1.165, 1.54) is 32.2 Å². The highest BCUT2D eigenvalue weighted by atomic mass is 35.5. The van der Waals surface area contributed by atoms with Crippen LogP contribution in [0.5, 0.6) is 11.5 Å². The van der Waals surface area contributed by atoms with E-state index in [1.54, 1.807) is 6.08 Å². The van der Waals surface area contributed by atoms with Crippen LogP contribution >= 0.6 is 11.6 Å². The number of hydrogen-bond acceptors (Lipinski definition) is 5. The van der Waals surface area contributed by atoms with E-state index in [0.29, 0.717) is 5.56 Å². The summed E-state index contributed by atoms with van der Waals surface area (Å²) < 4.78 is 10.7. The van der Waals surface area contributed by atoms with Crippen molar-refractivity contribution >= 4 is 35.6 Å². The summed E-state index contributed by atoms with van der Waals surface area (Å²) >= 11 is 6.35. The Labute approximate surface area is 189 Å². The maximum absolute atomic E-state index is 12.4. The van der Waals surface area contributed by atoms with E-state index < -0.39 is 24.0 Å². The maximum Gasteiger partial charge on any atom is 0.336 e. The van der Waals surface area contributed by atoms with E-state index in [2.05, 4.69) is 10.6 Å². The third-order valence-electron chi connectivity index (χ3n) is 4.87. The van der Waals surface area contributed by atoms with Crippen LogP contribution in [0.3, 0.4) is 0 Å². The number of urea groups is 1. The minimum absolute atomic E-state index is 0.0183. The Bertz CT molecular complexity index is 1160. The predicted molar refractivity (Wildman–Crippen MR) is 119 cm³/mol. The molecule has 0 saturated heterocycles. The number of rotatable bonds is 6. The molecule has 0 bridgehead atoms. The van der Waals surface area contributed by atoms with Crippen LogP contribution in [-0.2, 0) is 9.59 Å². The van der Waals surface area contributed by atoms with Crippen LogP contribution in [0, 0.1) is 6.92 Å². The zero-order valence-corrected chi connectivity index (χ0v) is 18.3. The van der Waals surface area contributed by atoms with E-state index in [0.717, 1.165) is 11.1 Å². The molecule has 1 atom stereocenters. The molecule has 0 aliphatic carbocycles. The number of carbonyl (C=O) groups is 3. The lowest BCUT2D eigenvalue weighted by Crippen LogP contribution is -2.45. The first-order valence-corrected chi connectivity index (χ1v) is 9.93. The fourth-order valence-corrected chi connectivity index (χ4v) is 3.56. The number of allylic oxidation sites excluding steroid dienone is 1. The molecular formula is C23H21ClN2O6. The third-order valence-corrected chi connectivity index (χ3v) is 5.16. The molecule has 2 amide bonds. The first-order chi connectivity index (χ1) is 15.2. The van der Waals surface area contributed by atoms with Gasteiger partial charge in [-0.1, -0.05) is 35.9 Å². The lowest BCUT2D eigenvalue weighted by Gasteiger charge is -2.27. The van der Waals surface area contributed by atoms with E-state index >= 15 is 0 Å². The van der Waals surface area contributed by atoms with Gasteiger partial charge in [0.25, 0.3) is 0 Å². The standard InChI is InChI=1S/C23H21ClN2O6/c1-12-6-4-5-7-14(12)8-9-18(27)32-21-16(24)10-15(11-17(21)31-3)20-19(22(28)29)13(2)25-23(30)26-20/h4-11,20H,1-3H3,(H,28,29)(H2,25,26,30). The number of ether oxygens (including phenoxy) is 2. The lowest BCUT2D eigenvalue weighted by atomic mass is 9.95. The molecule has 1 aliphatic rings. The molecule has 3 rings (SSSR count). The van der Waals surface area contributed by atoms with E-state index in [1.807, 2.05) is 31.2 Å². The van der Waals surface area contributed by atoms with E-state index in [-0.39, 0.29) is 27.8 Å². The molecular weight excluding hydrogens is 436 g/mol. The summed E-state index contributed by atoms with van der Waals surface area (Å²) in [5.74, 6) is -1.78. The molecule has 0 radical (unpaired) electrons. The summed E-state index contributed by atoms with van der Waals surface area (Å²) in [7, 11) is 1.36. The fraction of sp³-hybridized carbons (Fsp3) is 0.174. The fourth-order valence-electron chi connectivity index (χ4n) is 3.30. The molecule has 1 heterocycles. The number of carboxylic acid groups (broad SMARTS) is 1. The molecule has 1 aliphatic heterocycles. The topological polar surface area (TPSA) is 114 Å². The minimum Gasteiger partial charge on any atom is -0.493 e. The Morgan fingerprint density at radius 2 is 1.91 bits per heavy atom. The minimum atomic E-state index is -1.20. The Kier molecular flexibility index (Phi) is 6.85. The zero-order valence-electron chi connectivity index (χ0n) is 17.6. The average molecular weight is 457 g/mol. The number of esters is 1. The molecule has 0 spiro atoms. The van der Waals surface area contributed by atoms with Crippen molar-refractivity contribution in [1.29, 1.82) is 0 Å². The largest absolute Gasteiger partial charge is 0.493 e. The van der Waals surface area contributed by atoms with Gasteiger partial charge in [0, 0.05) is 11.8 Å². The number of methoxy groups -OCH3 is 1. The van der Waals surface area contributed by atoms with Gasteiger partial charge in [-0.2, -0.15) is 0 Å². The van der Waals surface area contributed by atoms with Crippen LogP contribution in [-0.4, -0.2) is 30.2 Å². The quantitative estimate of drug-likeness (QED) is 0.344. The highest BCUT2D eigenvalue weighted by Gasteiger charge is 2.32. The Hall–Kier alpha value is -3.78. The van der Waals surface area contributed by atoms with Crippen molar-refractivity contribution in [2.24, 2.45) is 0 Å². The Balaban J connectivity index is 1.91. The SMILES string of the molecule is COc1cc(C2NC(=O)NC(C)=C2C(=O)O)cc(Cl)c1OC(=O)C=Cc1ccccc1C. The summed E-state index contributed by atoms with van der Waals surface area (Å²) in [6, 6.07) is 8.90. The van der Waals surface area contributed by atoms with Gasteiger partial charge >= 0.3 is 18.0 Å². The number of amides is 2. The van der Waals surface area contributed by atoms with Crippen molar-refractivity contribution in [1.82, 2.24) is 10.6 Å². The molecule has 8 nitrogen and oxygen atoms in total. The van der Waals surface area contributed by atoms with Gasteiger partial charge in [0.2, 0.25) is 0 Å². The molecule has 0 aromatic heterocycles. The van der Waals surface area contributed by atoms with Gasteiger partial charge in [-0.25, -0.2) is 14.4 Å². The first kappa shape index (κ1) is 22.9. The van der Waals surface area contributed by atoms with Gasteiger partial charge in [0.1, 0.15) is 0 Å². The second-order valence-electron chi connectivity index (χ2n) is 7.02. The van der Waals surface area contributed by atoms with Crippen molar-refractivity contribution in [2.45, 2.75) is 19.9 Å². The summed E-state index contributed by atoms with van der Waals surface area (Å²) in [4.78, 5) is 36.0. The highest BCUT2D eigenvalue weighted by Crippen LogP contribution is 2.40. The Morgan fingerprint density at radius 1 is 1.19 bits per heavy atom. The van der Waals surface area contributed by atoms with Crippen LogP contribution in [0.15, 0.2) is 53.7 Å². The molecule has 9 heteroatoms. The summed E-state index contributed by atoms with van der Waals surface area (Å²) in [6.07, 6.45) is 2.90. The van der Waals surface area contributed by atoms with Crippen molar-refractivity contribution in [3.8, 4) is 11.5 Å². The number of benzene rings is 2. The second kappa shape index (κ2) is 9.57. The van der Waals surface area contributed by atoms with E-state index in [9.17, 15) is 19.5 Å². The number of carboxylic acids is 1. The Morgan fingerprint density at radius 3 is 2.56 bits per heavy atom. The van der Waals surface area contributed by atoms with Crippen LogP contribution in [0.4, 0.5) is 4.79 Å². The van der Waals surface area contributed by atoms with Gasteiger partial charge in [0.05, 0.1) is 23.7 Å². The molecule has 2 aromatic rings. The molecule has 1 unspecified atom stereocenters. The number of aryl methyl sites for hydroxylation is 1. The molecule has 3 N–H and O–H groups in total. The molecule has 166 valence electrons. The number of hydrogen-bond donors (Lipinski definition) is 3. The van der Waals surface area contributed by atoms with Gasteiger partial charge < -0.3 is 25.2 Å². The summed E-state index contributed by atoms with van der Waals surface area (Å²) in [6.45, 7) is 3.41. The lowest BCUT2D eigenvalue weighted by molar-refractivity contribution is -0.133. The highest BCUT2D eigenvalue weighted by molar-refractivity contribution is 6.32. The first-order valence-electron chi connectivity index (χ1n) is 9.55. The van der Waals surface area contributed by atoms with Crippen molar-refractivity contribution < 1.29 is 29.0 Å². The molecule has 0 saturated carbocycles. The third kappa shape index (κ3) is 4.92. The normalized spacial score (nSPS) is 15.9. The molecule has 0 fully saturated rings. The van der Waals surface area contributed by atoms with Crippen molar-refractivity contribution in [3.63, 3.8) is 0 Å². The molecule has 32 heavy (non-hydrogen) atoms. The number of carbonyl (C=O) groups excluding carboxylic acids is 2. The van der Waals surface area contributed by atoms with Gasteiger partial charge in [-0.15, -0.1) is 0 Å². The average Bonchev–Trinajstić information content (AvgIpc) is 2.73. The molecule has 2 aromatic carbocycles. The summed E-state index contributed by atoms with van der Waals surface area (Å²) in [5, 5.41) is 14.6. The zero-order chi connectivity index (χ0) is 23.4. The smallest absolute Gasteiger partial charge is 0.336 e. The number of halogens is 1. The van der Waals surface area contributed by atoms with Crippen LogP contribution in [0.1, 0.15) is 29.7 Å². The van der Waals surface area contributed by atoms with Crippen LogP contribution in [0.25, 0.3) is 6.08 Å². The predicted octanol–water partition coefficient (Wildman–Crippen LogP) is 3.99. The van der Waals surface area contributed by atoms with Crippen molar-refractivity contribution in [2.75, 3.05) is 7.11 Å². The van der Waals surface area contributed by atoms with Crippen LogP contribution < -0.4 is 20.1 Å². The van der Waals surface area contributed by atoms with Crippen LogP contribution in [0.2, 0.25) is 5.02 Å². The van der Waals surface area contributed by atoms with Gasteiger partial charge in [0.15, 0.2) is 11.5 Å². The number of aliphatic carboxylic acids is 1. The van der Waals surface area contributed by atoms with Crippen molar-refractivity contribution in [3.05, 3.63) is 75.5 Å². The van der Waals surface area contributed by atoms with E-state index in [4.69, 9.17) is 21.1 Å². The number of nitrogens with one attached hydrogen (secondary N) is 2. The monoisotopic (exact) mass is 456 g/mol. The van der Waals surface area contributed by atoms with Gasteiger partial charge in [-0.3, -0.25) is 0 Å².